The minimum Gasteiger partial charge on any atom is -0.371 e. The number of anilines is 1. The van der Waals surface area contributed by atoms with Crippen LogP contribution in [0.5, 0.6) is 0 Å². The van der Waals surface area contributed by atoms with Gasteiger partial charge in [-0.15, -0.1) is 0 Å². The third-order valence-electron chi connectivity index (χ3n) is 4.09. The predicted molar refractivity (Wildman–Crippen MR) is 83.7 cm³/mol. The van der Waals surface area contributed by atoms with Gasteiger partial charge in [-0.2, -0.15) is 0 Å². The molecule has 0 bridgehead atoms. The molecule has 0 radical (unpaired) electrons. The Morgan fingerprint density at radius 3 is 2.89 bits per heavy atom. The van der Waals surface area contributed by atoms with Crippen molar-refractivity contribution in [1.29, 1.82) is 0 Å². The second-order valence-electron chi connectivity index (χ2n) is 5.83. The average molecular weight is 260 g/mol. The van der Waals surface area contributed by atoms with Gasteiger partial charge in [0.15, 0.2) is 0 Å². The van der Waals surface area contributed by atoms with Crippen molar-refractivity contribution in [3.8, 4) is 0 Å². The molecule has 1 aromatic rings. The molecular weight excluding hydrogens is 232 g/mol. The summed E-state index contributed by atoms with van der Waals surface area (Å²) in [5.74, 6) is 0.885. The second-order valence-corrected chi connectivity index (χ2v) is 5.83. The number of para-hydroxylation sites is 1. The first-order valence-corrected chi connectivity index (χ1v) is 7.85. The summed E-state index contributed by atoms with van der Waals surface area (Å²) >= 11 is 0. The predicted octanol–water partition coefficient (Wildman–Crippen LogP) is 3.81. The topological polar surface area (TPSA) is 15.3 Å². The maximum atomic E-state index is 3.53. The molecule has 0 aromatic heterocycles. The van der Waals surface area contributed by atoms with Gasteiger partial charge in [-0.25, -0.2) is 0 Å². The largest absolute Gasteiger partial charge is 0.371 e. The number of benzene rings is 1. The van der Waals surface area contributed by atoms with E-state index in [0.717, 1.165) is 19.0 Å². The van der Waals surface area contributed by atoms with Gasteiger partial charge in [0.25, 0.3) is 0 Å². The van der Waals surface area contributed by atoms with Crippen molar-refractivity contribution < 1.29 is 0 Å². The number of rotatable bonds is 5. The molecule has 0 saturated carbocycles. The van der Waals surface area contributed by atoms with E-state index in [2.05, 4.69) is 48.3 Å². The van der Waals surface area contributed by atoms with Gasteiger partial charge in [0, 0.05) is 25.3 Å². The van der Waals surface area contributed by atoms with Crippen LogP contribution in [0.3, 0.4) is 0 Å². The highest BCUT2D eigenvalue weighted by molar-refractivity contribution is 5.53. The van der Waals surface area contributed by atoms with Crippen molar-refractivity contribution in [1.82, 2.24) is 5.32 Å². The highest BCUT2D eigenvalue weighted by atomic mass is 15.1. The Bertz CT molecular complexity index is 375. The molecule has 106 valence electrons. The Hall–Kier alpha value is -1.02. The molecular formula is C17H28N2. The van der Waals surface area contributed by atoms with Crippen molar-refractivity contribution >= 4 is 5.69 Å². The second kappa shape index (κ2) is 7.54. The van der Waals surface area contributed by atoms with Crippen LogP contribution in [0.4, 0.5) is 5.69 Å². The van der Waals surface area contributed by atoms with Crippen LogP contribution in [0.25, 0.3) is 0 Å². The van der Waals surface area contributed by atoms with Gasteiger partial charge >= 0.3 is 0 Å². The Morgan fingerprint density at radius 2 is 2.05 bits per heavy atom. The molecule has 1 N–H and O–H groups in total. The number of hydrogen-bond donors (Lipinski definition) is 1. The fourth-order valence-corrected chi connectivity index (χ4v) is 2.87. The zero-order valence-electron chi connectivity index (χ0n) is 12.5. The van der Waals surface area contributed by atoms with Gasteiger partial charge in [-0.1, -0.05) is 32.0 Å². The van der Waals surface area contributed by atoms with Crippen molar-refractivity contribution in [2.75, 3.05) is 24.5 Å². The maximum absolute atomic E-state index is 3.53. The Kier molecular flexibility index (Phi) is 5.71. The average Bonchev–Trinajstić information content (AvgIpc) is 2.64. The molecule has 0 spiro atoms. The van der Waals surface area contributed by atoms with Crippen LogP contribution in [0, 0.1) is 5.92 Å². The van der Waals surface area contributed by atoms with Crippen LogP contribution < -0.4 is 10.2 Å². The quantitative estimate of drug-likeness (QED) is 0.810. The molecule has 2 heteroatoms. The van der Waals surface area contributed by atoms with Gasteiger partial charge in [-0.05, 0) is 49.8 Å². The van der Waals surface area contributed by atoms with Gasteiger partial charge in [-0.3, -0.25) is 0 Å². The maximum Gasteiger partial charge on any atom is 0.0411 e. The third kappa shape index (κ3) is 4.24. The van der Waals surface area contributed by atoms with Crippen LogP contribution in [0.15, 0.2) is 24.3 Å². The van der Waals surface area contributed by atoms with E-state index in [1.807, 2.05) is 0 Å². The van der Waals surface area contributed by atoms with E-state index in [1.54, 1.807) is 0 Å². The molecule has 1 aliphatic rings. The Morgan fingerprint density at radius 1 is 1.21 bits per heavy atom. The summed E-state index contributed by atoms with van der Waals surface area (Å²) in [6.07, 6.45) is 5.24. The molecule has 0 amide bonds. The molecule has 19 heavy (non-hydrogen) atoms. The van der Waals surface area contributed by atoms with Gasteiger partial charge < -0.3 is 10.2 Å². The first-order valence-electron chi connectivity index (χ1n) is 7.85. The normalized spacial score (nSPS) is 20.3. The minimum absolute atomic E-state index is 0.885. The standard InChI is InChI=1S/C17H28N2/c1-3-11-18-14-16-8-4-5-9-17(16)19-12-6-7-15(2)10-13-19/h4-5,8-9,15,18H,3,6-7,10-14H2,1-2H3. The summed E-state index contributed by atoms with van der Waals surface area (Å²) in [4.78, 5) is 2.59. The zero-order chi connectivity index (χ0) is 13.5. The van der Waals surface area contributed by atoms with E-state index in [4.69, 9.17) is 0 Å². The van der Waals surface area contributed by atoms with E-state index in [-0.39, 0.29) is 0 Å². The summed E-state index contributed by atoms with van der Waals surface area (Å²) in [5.41, 5.74) is 2.89. The van der Waals surface area contributed by atoms with E-state index in [9.17, 15) is 0 Å². The first-order chi connectivity index (χ1) is 9.31. The smallest absolute Gasteiger partial charge is 0.0411 e. The summed E-state index contributed by atoms with van der Waals surface area (Å²) in [6.45, 7) is 9.13. The summed E-state index contributed by atoms with van der Waals surface area (Å²) in [7, 11) is 0. The van der Waals surface area contributed by atoms with Crippen LogP contribution in [0.1, 0.15) is 45.1 Å². The monoisotopic (exact) mass is 260 g/mol. The van der Waals surface area contributed by atoms with E-state index in [1.165, 1.54) is 50.0 Å². The third-order valence-corrected chi connectivity index (χ3v) is 4.09. The highest BCUT2D eigenvalue weighted by Gasteiger charge is 2.16. The molecule has 1 fully saturated rings. The molecule has 2 rings (SSSR count). The van der Waals surface area contributed by atoms with Crippen molar-refractivity contribution in [3.05, 3.63) is 29.8 Å². The van der Waals surface area contributed by atoms with Crippen molar-refractivity contribution in [3.63, 3.8) is 0 Å². The summed E-state index contributed by atoms with van der Waals surface area (Å²) in [6, 6.07) is 8.89. The minimum atomic E-state index is 0.885. The van der Waals surface area contributed by atoms with Gasteiger partial charge in [0.1, 0.15) is 0 Å². The molecule has 0 aliphatic carbocycles. The molecule has 1 atom stereocenters. The van der Waals surface area contributed by atoms with Crippen molar-refractivity contribution in [2.24, 2.45) is 5.92 Å². The summed E-state index contributed by atoms with van der Waals surface area (Å²) in [5, 5.41) is 3.53. The van der Waals surface area contributed by atoms with E-state index in [0.29, 0.717) is 0 Å². The van der Waals surface area contributed by atoms with Crippen LogP contribution in [0.2, 0.25) is 0 Å². The van der Waals surface area contributed by atoms with Gasteiger partial charge in [0.05, 0.1) is 0 Å². The van der Waals surface area contributed by atoms with Crippen molar-refractivity contribution in [2.45, 2.75) is 46.1 Å². The fraction of sp³-hybridized carbons (Fsp3) is 0.647. The first kappa shape index (κ1) is 14.4. The van der Waals surface area contributed by atoms with E-state index < -0.39 is 0 Å². The summed E-state index contributed by atoms with van der Waals surface area (Å²) < 4.78 is 0. The molecule has 1 unspecified atom stereocenters. The lowest BCUT2D eigenvalue weighted by Crippen LogP contribution is -2.26. The number of nitrogens with one attached hydrogen (secondary N) is 1. The zero-order valence-corrected chi connectivity index (χ0v) is 12.5. The van der Waals surface area contributed by atoms with Crippen LogP contribution >= 0.6 is 0 Å². The number of nitrogens with zero attached hydrogens (tertiary/aromatic N) is 1. The molecule has 2 nitrogen and oxygen atoms in total. The lowest BCUT2D eigenvalue weighted by Gasteiger charge is -2.25. The number of hydrogen-bond acceptors (Lipinski definition) is 2. The van der Waals surface area contributed by atoms with Crippen LogP contribution in [-0.2, 0) is 6.54 Å². The van der Waals surface area contributed by atoms with Gasteiger partial charge in [0.2, 0.25) is 0 Å². The highest BCUT2D eigenvalue weighted by Crippen LogP contribution is 2.25. The fourth-order valence-electron chi connectivity index (χ4n) is 2.87. The van der Waals surface area contributed by atoms with E-state index >= 15 is 0 Å². The SMILES string of the molecule is CCCNCc1ccccc1N1CCCC(C)CC1. The molecule has 1 aromatic carbocycles. The molecule has 1 aliphatic heterocycles. The Balaban J connectivity index is 2.05. The lowest BCUT2D eigenvalue weighted by atomic mass is 10.0. The molecule has 1 heterocycles. The Labute approximate surface area is 118 Å². The van der Waals surface area contributed by atoms with Crippen LogP contribution in [-0.4, -0.2) is 19.6 Å². The molecule has 1 saturated heterocycles. The lowest BCUT2D eigenvalue weighted by molar-refractivity contribution is 0.521.